The molecule has 2 amide bonds. The first kappa shape index (κ1) is 20.6. The van der Waals surface area contributed by atoms with Crippen molar-refractivity contribution in [3.8, 4) is 17.1 Å². The van der Waals surface area contributed by atoms with Crippen LogP contribution in [-0.4, -0.2) is 39.4 Å². The normalized spacial score (nSPS) is 10.8. The predicted octanol–water partition coefficient (Wildman–Crippen LogP) is 3.58. The maximum absolute atomic E-state index is 12.2. The van der Waals surface area contributed by atoms with Gasteiger partial charge in [0.25, 0.3) is 5.91 Å². The molecule has 3 rings (SSSR count). The maximum atomic E-state index is 12.2. The van der Waals surface area contributed by atoms with E-state index in [1.54, 1.807) is 31.4 Å². The van der Waals surface area contributed by atoms with Gasteiger partial charge >= 0.3 is 0 Å². The smallest absolute Gasteiger partial charge is 0.257 e. The Morgan fingerprint density at radius 1 is 1.07 bits per heavy atom. The number of nitrogens with one attached hydrogen (secondary N) is 1. The molecule has 0 radical (unpaired) electrons. The van der Waals surface area contributed by atoms with E-state index in [0.717, 1.165) is 11.3 Å². The Balaban J connectivity index is 1.70. The van der Waals surface area contributed by atoms with Gasteiger partial charge in [-0.1, -0.05) is 30.0 Å². The van der Waals surface area contributed by atoms with Gasteiger partial charge in [0.15, 0.2) is 11.0 Å². The fraction of sp³-hybridized carbons (Fsp3) is 0.238. The van der Waals surface area contributed by atoms with Gasteiger partial charge in [-0.05, 0) is 50.2 Å². The minimum absolute atomic E-state index is 0.0615. The molecule has 0 saturated heterocycles. The van der Waals surface area contributed by atoms with Crippen molar-refractivity contribution in [1.82, 2.24) is 20.1 Å². The highest BCUT2D eigenvalue weighted by molar-refractivity contribution is 7.99. The van der Waals surface area contributed by atoms with E-state index in [9.17, 15) is 9.59 Å². The average Bonchev–Trinajstić information content (AvgIpc) is 3.17. The van der Waals surface area contributed by atoms with Crippen molar-refractivity contribution in [2.75, 3.05) is 12.9 Å². The molecule has 1 heterocycles. The van der Waals surface area contributed by atoms with Crippen molar-refractivity contribution >= 4 is 23.6 Å². The molecular weight excluding hydrogens is 388 g/mol. The van der Waals surface area contributed by atoms with Crippen LogP contribution in [-0.2, 0) is 4.79 Å². The van der Waals surface area contributed by atoms with Crippen LogP contribution in [0, 0.1) is 0 Å². The highest BCUT2D eigenvalue weighted by atomic mass is 32.2. The molecule has 1 aromatic heterocycles. The summed E-state index contributed by atoms with van der Waals surface area (Å²) in [5.74, 6) is 0.740. The summed E-state index contributed by atoms with van der Waals surface area (Å²) in [5, 5.41) is 11.6. The first-order chi connectivity index (χ1) is 14.0. The van der Waals surface area contributed by atoms with Crippen molar-refractivity contribution in [3.63, 3.8) is 0 Å². The van der Waals surface area contributed by atoms with Gasteiger partial charge in [-0.2, -0.15) is 0 Å². The average molecular weight is 410 g/mol. The number of aromatic nitrogens is 3. The van der Waals surface area contributed by atoms with Gasteiger partial charge in [-0.25, -0.2) is 0 Å². The van der Waals surface area contributed by atoms with E-state index in [1.165, 1.54) is 11.8 Å². The van der Waals surface area contributed by atoms with Crippen LogP contribution in [0.4, 0.5) is 0 Å². The Bertz CT molecular complexity index is 985. The molecule has 0 fully saturated rings. The number of benzene rings is 2. The zero-order valence-corrected chi connectivity index (χ0v) is 17.3. The molecule has 0 bridgehead atoms. The number of imide groups is 1. The van der Waals surface area contributed by atoms with Crippen molar-refractivity contribution in [3.05, 3.63) is 60.2 Å². The highest BCUT2D eigenvalue weighted by Gasteiger charge is 2.18. The van der Waals surface area contributed by atoms with E-state index in [-0.39, 0.29) is 17.7 Å². The number of amides is 2. The van der Waals surface area contributed by atoms with Crippen molar-refractivity contribution in [2.24, 2.45) is 0 Å². The van der Waals surface area contributed by atoms with Crippen LogP contribution in [0.15, 0.2) is 59.8 Å². The number of hydrogen-bond acceptors (Lipinski definition) is 6. The lowest BCUT2D eigenvalue weighted by molar-refractivity contribution is -0.117. The Morgan fingerprint density at radius 3 is 2.38 bits per heavy atom. The third-order valence-electron chi connectivity index (χ3n) is 4.15. The third-order valence-corrected chi connectivity index (χ3v) is 5.09. The number of nitrogens with zero attached hydrogens (tertiary/aromatic N) is 3. The van der Waals surface area contributed by atoms with Crippen molar-refractivity contribution in [1.29, 1.82) is 0 Å². The second-order valence-electron chi connectivity index (χ2n) is 6.53. The first-order valence-electron chi connectivity index (χ1n) is 9.11. The number of hydrogen-bond donors (Lipinski definition) is 1. The van der Waals surface area contributed by atoms with Crippen LogP contribution < -0.4 is 10.1 Å². The zero-order valence-electron chi connectivity index (χ0n) is 16.5. The van der Waals surface area contributed by atoms with E-state index in [0.29, 0.717) is 16.5 Å². The van der Waals surface area contributed by atoms with E-state index >= 15 is 0 Å². The molecule has 0 aliphatic carbocycles. The second-order valence-corrected chi connectivity index (χ2v) is 7.47. The van der Waals surface area contributed by atoms with E-state index in [4.69, 9.17) is 4.74 Å². The van der Waals surface area contributed by atoms with E-state index < -0.39 is 5.91 Å². The molecule has 1 N–H and O–H groups in total. The van der Waals surface area contributed by atoms with Crippen LogP contribution in [0.3, 0.4) is 0 Å². The minimum atomic E-state index is -0.416. The SMILES string of the molecule is COc1ccc(-c2nnc(SCC(=O)NC(=O)c3ccccc3)n2C(C)C)cc1. The summed E-state index contributed by atoms with van der Waals surface area (Å²) in [7, 11) is 1.62. The lowest BCUT2D eigenvalue weighted by Crippen LogP contribution is -2.31. The summed E-state index contributed by atoms with van der Waals surface area (Å²) in [6.45, 7) is 4.05. The van der Waals surface area contributed by atoms with Crippen LogP contribution in [0.2, 0.25) is 0 Å². The monoisotopic (exact) mass is 410 g/mol. The number of ether oxygens (including phenoxy) is 1. The Kier molecular flexibility index (Phi) is 6.66. The number of thioether (sulfide) groups is 1. The van der Waals surface area contributed by atoms with Gasteiger partial charge in [0, 0.05) is 17.2 Å². The molecule has 7 nitrogen and oxygen atoms in total. The largest absolute Gasteiger partial charge is 0.497 e. The lowest BCUT2D eigenvalue weighted by Gasteiger charge is -2.14. The Hall–Kier alpha value is -3.13. The predicted molar refractivity (Wildman–Crippen MR) is 112 cm³/mol. The molecule has 0 unspecified atom stereocenters. The molecule has 0 atom stereocenters. The van der Waals surface area contributed by atoms with Gasteiger partial charge in [-0.3, -0.25) is 19.5 Å². The van der Waals surface area contributed by atoms with Crippen LogP contribution in [0.1, 0.15) is 30.2 Å². The molecule has 2 aromatic carbocycles. The van der Waals surface area contributed by atoms with E-state index in [2.05, 4.69) is 15.5 Å². The summed E-state index contributed by atoms with van der Waals surface area (Å²) >= 11 is 1.24. The van der Waals surface area contributed by atoms with Gasteiger partial charge in [0.1, 0.15) is 5.75 Å². The molecule has 0 aliphatic rings. The van der Waals surface area contributed by atoms with Gasteiger partial charge in [-0.15, -0.1) is 10.2 Å². The number of carbonyl (C=O) groups is 2. The summed E-state index contributed by atoms with van der Waals surface area (Å²) in [6, 6.07) is 16.3. The number of methoxy groups -OCH3 is 1. The van der Waals surface area contributed by atoms with Crippen molar-refractivity contribution < 1.29 is 14.3 Å². The second kappa shape index (κ2) is 9.38. The zero-order chi connectivity index (χ0) is 20.8. The molecule has 0 saturated carbocycles. The van der Waals surface area contributed by atoms with Gasteiger partial charge in [0.2, 0.25) is 5.91 Å². The minimum Gasteiger partial charge on any atom is -0.497 e. The van der Waals surface area contributed by atoms with Gasteiger partial charge in [0.05, 0.1) is 12.9 Å². The van der Waals surface area contributed by atoms with Crippen LogP contribution in [0.25, 0.3) is 11.4 Å². The quantitative estimate of drug-likeness (QED) is 0.599. The van der Waals surface area contributed by atoms with E-state index in [1.807, 2.05) is 48.7 Å². The first-order valence-corrected chi connectivity index (χ1v) is 10.1. The molecule has 29 heavy (non-hydrogen) atoms. The molecule has 3 aromatic rings. The van der Waals surface area contributed by atoms with Crippen LogP contribution in [0.5, 0.6) is 5.75 Å². The molecule has 150 valence electrons. The summed E-state index contributed by atoms with van der Waals surface area (Å²) in [6.07, 6.45) is 0. The molecule has 0 spiro atoms. The lowest BCUT2D eigenvalue weighted by atomic mass is 10.2. The fourth-order valence-electron chi connectivity index (χ4n) is 2.73. The number of rotatable bonds is 7. The topological polar surface area (TPSA) is 86.1 Å². The molecule has 0 aliphatic heterocycles. The standard InChI is InChI=1S/C21H22N4O3S/c1-14(2)25-19(15-9-11-17(28-3)12-10-15)23-24-21(25)29-13-18(26)22-20(27)16-7-5-4-6-8-16/h4-12,14H,13H2,1-3H3,(H,22,26,27). The fourth-order valence-corrected chi connectivity index (χ4v) is 3.60. The highest BCUT2D eigenvalue weighted by Crippen LogP contribution is 2.28. The Morgan fingerprint density at radius 2 is 1.76 bits per heavy atom. The van der Waals surface area contributed by atoms with Crippen LogP contribution >= 0.6 is 11.8 Å². The number of carbonyl (C=O) groups excluding carboxylic acids is 2. The van der Waals surface area contributed by atoms with Gasteiger partial charge < -0.3 is 4.74 Å². The molecular formula is C21H22N4O3S. The van der Waals surface area contributed by atoms with Crippen molar-refractivity contribution in [2.45, 2.75) is 25.0 Å². The Labute approximate surface area is 173 Å². The summed E-state index contributed by atoms with van der Waals surface area (Å²) < 4.78 is 7.17. The third kappa shape index (κ3) is 5.03. The summed E-state index contributed by atoms with van der Waals surface area (Å²) in [4.78, 5) is 24.3. The summed E-state index contributed by atoms with van der Waals surface area (Å²) in [5.41, 5.74) is 1.35. The maximum Gasteiger partial charge on any atom is 0.257 e. The molecule has 8 heteroatoms.